The maximum Gasteiger partial charge on any atom is 0.416 e. The zero-order valence-corrected chi connectivity index (χ0v) is 16.5. The fraction of sp³-hybridized carbons (Fsp3) is 0.286. The molecule has 0 bridgehead atoms. The van der Waals surface area contributed by atoms with Gasteiger partial charge in [-0.05, 0) is 60.3 Å². The summed E-state index contributed by atoms with van der Waals surface area (Å²) in [5.41, 5.74) is 1.64. The fourth-order valence-corrected chi connectivity index (χ4v) is 4.22. The predicted octanol–water partition coefficient (Wildman–Crippen LogP) is 4.76. The van der Waals surface area contributed by atoms with Crippen LogP contribution in [0.2, 0.25) is 0 Å². The standard InChI is InChI=1S/C21H21F3N4S/c22-21(23,24)17-3-1-4-20(13-17)29-26-18-9-12-27(15-18)14-16-5-7-19(8-6-16)28-11-2-10-25-28/h1-8,10-11,13,18,26H,9,12,14-15H2. The van der Waals surface area contributed by atoms with Crippen LogP contribution in [0.1, 0.15) is 17.5 Å². The van der Waals surface area contributed by atoms with Crippen molar-refractivity contribution in [3.8, 4) is 5.69 Å². The van der Waals surface area contributed by atoms with Crippen molar-refractivity contribution in [2.75, 3.05) is 13.1 Å². The molecule has 1 aliphatic rings. The third-order valence-electron chi connectivity index (χ3n) is 4.89. The highest BCUT2D eigenvalue weighted by Gasteiger charge is 2.30. The Morgan fingerprint density at radius 2 is 1.93 bits per heavy atom. The van der Waals surface area contributed by atoms with E-state index >= 15 is 0 Å². The minimum absolute atomic E-state index is 0.248. The molecule has 0 saturated carbocycles. The summed E-state index contributed by atoms with van der Waals surface area (Å²) in [5.74, 6) is 0. The van der Waals surface area contributed by atoms with E-state index in [4.69, 9.17) is 0 Å². The van der Waals surface area contributed by atoms with Crippen LogP contribution in [-0.4, -0.2) is 33.8 Å². The van der Waals surface area contributed by atoms with E-state index in [-0.39, 0.29) is 6.04 Å². The first-order valence-electron chi connectivity index (χ1n) is 9.38. The molecular formula is C21H21F3N4S. The van der Waals surface area contributed by atoms with Gasteiger partial charge < -0.3 is 0 Å². The SMILES string of the molecule is FC(F)(F)c1cccc(SNC2CCN(Cc3ccc(-n4cccn4)cc3)C2)c1. The van der Waals surface area contributed by atoms with Crippen molar-refractivity contribution in [1.82, 2.24) is 19.4 Å². The van der Waals surface area contributed by atoms with Crippen LogP contribution in [0.25, 0.3) is 5.69 Å². The van der Waals surface area contributed by atoms with Crippen LogP contribution < -0.4 is 4.72 Å². The maximum absolute atomic E-state index is 12.8. The number of likely N-dealkylation sites (tertiary alicyclic amines) is 1. The molecule has 1 N–H and O–H groups in total. The molecule has 1 atom stereocenters. The summed E-state index contributed by atoms with van der Waals surface area (Å²) in [5, 5.41) is 4.23. The largest absolute Gasteiger partial charge is 0.416 e. The molecule has 1 aromatic heterocycles. The summed E-state index contributed by atoms with van der Waals surface area (Å²) in [6.07, 6.45) is 0.321. The van der Waals surface area contributed by atoms with E-state index in [9.17, 15) is 13.2 Å². The second kappa shape index (κ2) is 8.61. The Labute approximate surface area is 171 Å². The Hall–Kier alpha value is -2.29. The second-order valence-electron chi connectivity index (χ2n) is 7.08. The minimum Gasteiger partial charge on any atom is -0.297 e. The van der Waals surface area contributed by atoms with Crippen LogP contribution in [0.3, 0.4) is 0 Å². The zero-order chi connectivity index (χ0) is 20.3. The molecule has 2 heterocycles. The molecule has 0 amide bonds. The van der Waals surface area contributed by atoms with Gasteiger partial charge in [0.25, 0.3) is 0 Å². The van der Waals surface area contributed by atoms with Gasteiger partial charge in [-0.1, -0.05) is 18.2 Å². The number of aromatic nitrogens is 2. The van der Waals surface area contributed by atoms with E-state index < -0.39 is 11.7 Å². The molecule has 0 aliphatic carbocycles. The van der Waals surface area contributed by atoms with Gasteiger partial charge in [-0.3, -0.25) is 9.62 Å². The number of nitrogens with one attached hydrogen (secondary N) is 1. The van der Waals surface area contributed by atoms with Crippen molar-refractivity contribution < 1.29 is 13.2 Å². The second-order valence-corrected chi connectivity index (χ2v) is 7.99. The van der Waals surface area contributed by atoms with Crippen molar-refractivity contribution >= 4 is 11.9 Å². The normalized spacial score (nSPS) is 17.7. The molecule has 2 aromatic carbocycles. The summed E-state index contributed by atoms with van der Waals surface area (Å²) in [6.45, 7) is 2.68. The number of benzene rings is 2. The predicted molar refractivity (Wildman–Crippen MR) is 108 cm³/mol. The Morgan fingerprint density at radius 1 is 1.10 bits per heavy atom. The van der Waals surface area contributed by atoms with E-state index in [0.29, 0.717) is 4.90 Å². The van der Waals surface area contributed by atoms with Crippen LogP contribution in [0.4, 0.5) is 13.2 Å². The number of alkyl halides is 3. The van der Waals surface area contributed by atoms with Crippen LogP contribution in [-0.2, 0) is 12.7 Å². The lowest BCUT2D eigenvalue weighted by atomic mass is 10.2. The molecule has 152 valence electrons. The van der Waals surface area contributed by atoms with Crippen molar-refractivity contribution in [2.24, 2.45) is 0 Å². The quantitative estimate of drug-likeness (QED) is 0.585. The lowest BCUT2D eigenvalue weighted by Gasteiger charge is -2.17. The van der Waals surface area contributed by atoms with E-state index in [1.165, 1.54) is 29.6 Å². The third kappa shape index (κ3) is 5.20. The minimum atomic E-state index is -4.31. The molecule has 8 heteroatoms. The summed E-state index contributed by atoms with van der Waals surface area (Å²) < 4.78 is 43.6. The van der Waals surface area contributed by atoms with Gasteiger partial charge in [0.15, 0.2) is 0 Å². The van der Waals surface area contributed by atoms with E-state index in [0.717, 1.165) is 37.8 Å². The van der Waals surface area contributed by atoms with Crippen LogP contribution in [0.5, 0.6) is 0 Å². The van der Waals surface area contributed by atoms with Gasteiger partial charge in [-0.15, -0.1) is 0 Å². The van der Waals surface area contributed by atoms with Gasteiger partial charge in [-0.25, -0.2) is 4.68 Å². The molecule has 3 aromatic rings. The third-order valence-corrected chi connectivity index (χ3v) is 5.83. The number of hydrogen-bond donors (Lipinski definition) is 1. The highest BCUT2D eigenvalue weighted by Crippen LogP contribution is 2.31. The average Bonchev–Trinajstić information content (AvgIpc) is 3.39. The Morgan fingerprint density at radius 3 is 2.66 bits per heavy atom. The molecule has 29 heavy (non-hydrogen) atoms. The summed E-state index contributed by atoms with van der Waals surface area (Å²) in [6, 6.07) is 15.9. The molecule has 1 saturated heterocycles. The van der Waals surface area contributed by atoms with Crippen LogP contribution in [0, 0.1) is 0 Å². The molecule has 0 radical (unpaired) electrons. The van der Waals surface area contributed by atoms with E-state index in [2.05, 4.69) is 39.0 Å². The van der Waals surface area contributed by atoms with Gasteiger partial charge in [0.1, 0.15) is 0 Å². The summed E-state index contributed by atoms with van der Waals surface area (Å²) >= 11 is 1.27. The number of hydrogen-bond acceptors (Lipinski definition) is 4. The first kappa shape index (κ1) is 20.0. The van der Waals surface area contributed by atoms with Gasteiger partial charge in [0.05, 0.1) is 11.3 Å². The molecule has 4 nitrogen and oxygen atoms in total. The van der Waals surface area contributed by atoms with Gasteiger partial charge in [0.2, 0.25) is 0 Å². The molecule has 1 aliphatic heterocycles. The highest BCUT2D eigenvalue weighted by atomic mass is 32.2. The molecule has 1 unspecified atom stereocenters. The van der Waals surface area contributed by atoms with Gasteiger partial charge in [-0.2, -0.15) is 18.3 Å². The van der Waals surface area contributed by atoms with Gasteiger partial charge >= 0.3 is 6.18 Å². The molecule has 1 fully saturated rings. The number of halogens is 3. The Balaban J connectivity index is 1.27. The zero-order valence-electron chi connectivity index (χ0n) is 15.6. The molecular weight excluding hydrogens is 397 g/mol. The lowest BCUT2D eigenvalue weighted by molar-refractivity contribution is -0.137. The van der Waals surface area contributed by atoms with Crippen molar-refractivity contribution in [2.45, 2.75) is 30.1 Å². The summed E-state index contributed by atoms with van der Waals surface area (Å²) in [7, 11) is 0. The first-order valence-corrected chi connectivity index (χ1v) is 10.2. The van der Waals surface area contributed by atoms with Crippen LogP contribution in [0.15, 0.2) is 71.9 Å². The first-order chi connectivity index (χ1) is 14.0. The van der Waals surface area contributed by atoms with E-state index in [1.807, 2.05) is 16.9 Å². The summed E-state index contributed by atoms with van der Waals surface area (Å²) in [4.78, 5) is 2.93. The van der Waals surface area contributed by atoms with Crippen molar-refractivity contribution in [1.29, 1.82) is 0 Å². The lowest BCUT2D eigenvalue weighted by Crippen LogP contribution is -2.28. The van der Waals surface area contributed by atoms with Crippen molar-refractivity contribution in [3.05, 3.63) is 78.1 Å². The van der Waals surface area contributed by atoms with Crippen LogP contribution >= 0.6 is 11.9 Å². The average molecular weight is 418 g/mol. The number of rotatable bonds is 6. The van der Waals surface area contributed by atoms with E-state index in [1.54, 1.807) is 12.3 Å². The van der Waals surface area contributed by atoms with Crippen molar-refractivity contribution in [3.63, 3.8) is 0 Å². The maximum atomic E-state index is 12.8. The Kier molecular flexibility index (Phi) is 5.94. The highest BCUT2D eigenvalue weighted by molar-refractivity contribution is 7.97. The smallest absolute Gasteiger partial charge is 0.297 e. The Bertz CT molecular complexity index is 926. The molecule has 4 rings (SSSR count). The fourth-order valence-electron chi connectivity index (χ4n) is 3.39. The molecule has 0 spiro atoms. The monoisotopic (exact) mass is 418 g/mol. The topological polar surface area (TPSA) is 33.1 Å². The number of nitrogens with zero attached hydrogens (tertiary/aromatic N) is 3. The van der Waals surface area contributed by atoms with Gasteiger partial charge in [0, 0.05) is 43.0 Å².